The monoisotopic (exact) mass is 213 g/mol. The molecule has 2 heterocycles. The van der Waals surface area contributed by atoms with Gasteiger partial charge in [-0.05, 0) is 32.4 Å². The molecule has 0 saturated carbocycles. The van der Waals surface area contributed by atoms with Crippen molar-refractivity contribution >= 4 is 5.97 Å². The predicted molar refractivity (Wildman–Crippen MR) is 55.5 cm³/mol. The summed E-state index contributed by atoms with van der Waals surface area (Å²) in [6, 6.07) is 0. The number of ether oxygens (including phenoxy) is 2. The lowest BCUT2D eigenvalue weighted by atomic mass is 9.77. The van der Waals surface area contributed by atoms with Gasteiger partial charge in [0.15, 0.2) is 0 Å². The zero-order valence-corrected chi connectivity index (χ0v) is 9.25. The van der Waals surface area contributed by atoms with Crippen molar-refractivity contribution < 1.29 is 14.3 Å². The van der Waals surface area contributed by atoms with E-state index in [1.807, 2.05) is 0 Å². The highest BCUT2D eigenvalue weighted by molar-refractivity contribution is 5.77. The van der Waals surface area contributed by atoms with E-state index in [1.165, 1.54) is 0 Å². The van der Waals surface area contributed by atoms with Gasteiger partial charge in [0.25, 0.3) is 0 Å². The number of nitrogens with one attached hydrogen (secondary N) is 1. The van der Waals surface area contributed by atoms with Crippen molar-refractivity contribution in [2.45, 2.75) is 32.3 Å². The van der Waals surface area contributed by atoms with Crippen LogP contribution < -0.4 is 5.32 Å². The number of carbonyl (C=O) groups is 1. The Labute approximate surface area is 90.3 Å². The average molecular weight is 213 g/mol. The molecule has 15 heavy (non-hydrogen) atoms. The molecule has 4 heteroatoms. The number of rotatable bonds is 3. The highest BCUT2D eigenvalue weighted by atomic mass is 16.6. The third-order valence-electron chi connectivity index (χ3n) is 3.55. The fraction of sp³-hybridized carbons (Fsp3) is 0.909. The standard InChI is InChI=1S/C11H19NO3/c1-2-11(3-5-12-6-4-11)10(13)15-9-7-14-8-9/h9,12H,2-8H2,1H3. The summed E-state index contributed by atoms with van der Waals surface area (Å²) in [5, 5.41) is 3.28. The van der Waals surface area contributed by atoms with Crippen molar-refractivity contribution in [3.8, 4) is 0 Å². The van der Waals surface area contributed by atoms with Crippen LogP contribution in [-0.2, 0) is 14.3 Å². The molecule has 0 aliphatic carbocycles. The van der Waals surface area contributed by atoms with Gasteiger partial charge in [-0.2, -0.15) is 0 Å². The van der Waals surface area contributed by atoms with Gasteiger partial charge in [-0.3, -0.25) is 4.79 Å². The smallest absolute Gasteiger partial charge is 0.312 e. The Morgan fingerprint density at radius 2 is 2.13 bits per heavy atom. The summed E-state index contributed by atoms with van der Waals surface area (Å²) >= 11 is 0. The van der Waals surface area contributed by atoms with Gasteiger partial charge in [0.05, 0.1) is 18.6 Å². The van der Waals surface area contributed by atoms with E-state index >= 15 is 0 Å². The summed E-state index contributed by atoms with van der Waals surface area (Å²) in [4.78, 5) is 12.0. The molecule has 0 aromatic rings. The predicted octanol–water partition coefficient (Wildman–Crippen LogP) is 0.708. The minimum absolute atomic E-state index is 0.0100. The van der Waals surface area contributed by atoms with E-state index in [-0.39, 0.29) is 17.5 Å². The summed E-state index contributed by atoms with van der Waals surface area (Å²) in [7, 11) is 0. The molecule has 0 amide bonds. The zero-order chi connectivity index (χ0) is 10.7. The highest BCUT2D eigenvalue weighted by Crippen LogP contribution is 2.34. The van der Waals surface area contributed by atoms with Crippen LogP contribution in [0.2, 0.25) is 0 Å². The number of carbonyl (C=O) groups excluding carboxylic acids is 1. The Kier molecular flexibility index (Phi) is 3.26. The van der Waals surface area contributed by atoms with Crippen LogP contribution in [0, 0.1) is 5.41 Å². The molecule has 2 fully saturated rings. The molecule has 0 atom stereocenters. The Morgan fingerprint density at radius 3 is 2.60 bits per heavy atom. The fourth-order valence-electron chi connectivity index (χ4n) is 2.17. The van der Waals surface area contributed by atoms with Crippen LogP contribution >= 0.6 is 0 Å². The third kappa shape index (κ3) is 2.16. The van der Waals surface area contributed by atoms with Gasteiger partial charge in [-0.15, -0.1) is 0 Å². The minimum Gasteiger partial charge on any atom is -0.457 e. The van der Waals surface area contributed by atoms with E-state index in [0.717, 1.165) is 32.4 Å². The molecule has 0 aromatic heterocycles. The lowest BCUT2D eigenvalue weighted by Gasteiger charge is -2.37. The van der Waals surface area contributed by atoms with Gasteiger partial charge < -0.3 is 14.8 Å². The summed E-state index contributed by atoms with van der Waals surface area (Å²) in [5.74, 6) is -0.0141. The summed E-state index contributed by atoms with van der Waals surface area (Å²) < 4.78 is 10.4. The first-order valence-electron chi connectivity index (χ1n) is 5.76. The molecule has 2 aliphatic heterocycles. The first kappa shape index (κ1) is 10.9. The summed E-state index contributed by atoms with van der Waals surface area (Å²) in [5.41, 5.74) is -0.235. The largest absolute Gasteiger partial charge is 0.457 e. The lowest BCUT2D eigenvalue weighted by Crippen LogP contribution is -2.47. The van der Waals surface area contributed by atoms with Gasteiger partial charge in [-0.1, -0.05) is 6.92 Å². The Morgan fingerprint density at radius 1 is 1.47 bits per heavy atom. The SMILES string of the molecule is CCC1(C(=O)OC2COC2)CCNCC1. The molecule has 2 saturated heterocycles. The molecule has 2 rings (SSSR count). The Hall–Kier alpha value is -0.610. The van der Waals surface area contributed by atoms with E-state index in [4.69, 9.17) is 9.47 Å². The van der Waals surface area contributed by atoms with Crippen LogP contribution in [0.15, 0.2) is 0 Å². The molecule has 2 aliphatic rings. The number of piperidine rings is 1. The van der Waals surface area contributed by atoms with E-state index in [2.05, 4.69) is 12.2 Å². The molecule has 4 nitrogen and oxygen atoms in total. The van der Waals surface area contributed by atoms with Gasteiger partial charge in [0.2, 0.25) is 0 Å². The first-order chi connectivity index (χ1) is 7.27. The third-order valence-corrected chi connectivity index (χ3v) is 3.55. The maximum absolute atomic E-state index is 12.0. The maximum atomic E-state index is 12.0. The molecule has 0 radical (unpaired) electrons. The molecular formula is C11H19NO3. The Balaban J connectivity index is 1.93. The van der Waals surface area contributed by atoms with Crippen molar-refractivity contribution in [3.63, 3.8) is 0 Å². The molecule has 0 bridgehead atoms. The second-order valence-corrected chi connectivity index (χ2v) is 4.45. The van der Waals surface area contributed by atoms with E-state index in [0.29, 0.717) is 13.2 Å². The van der Waals surface area contributed by atoms with Crippen molar-refractivity contribution in [1.82, 2.24) is 5.32 Å². The Bertz CT molecular complexity index is 232. The molecule has 86 valence electrons. The van der Waals surface area contributed by atoms with Crippen LogP contribution in [0.25, 0.3) is 0 Å². The summed E-state index contributed by atoms with van der Waals surface area (Å²) in [6.07, 6.45) is 2.68. The van der Waals surface area contributed by atoms with E-state index < -0.39 is 0 Å². The quantitative estimate of drug-likeness (QED) is 0.701. The molecule has 0 unspecified atom stereocenters. The number of esters is 1. The molecule has 1 N–H and O–H groups in total. The average Bonchev–Trinajstić information content (AvgIpc) is 2.24. The number of hydrogen-bond acceptors (Lipinski definition) is 4. The zero-order valence-electron chi connectivity index (χ0n) is 9.25. The first-order valence-corrected chi connectivity index (χ1v) is 5.76. The van der Waals surface area contributed by atoms with Crippen LogP contribution in [0.4, 0.5) is 0 Å². The van der Waals surface area contributed by atoms with E-state index in [9.17, 15) is 4.79 Å². The van der Waals surface area contributed by atoms with Crippen molar-refractivity contribution in [2.24, 2.45) is 5.41 Å². The number of hydrogen-bond donors (Lipinski definition) is 1. The summed E-state index contributed by atoms with van der Waals surface area (Å²) in [6.45, 7) is 5.06. The van der Waals surface area contributed by atoms with Crippen LogP contribution in [0.5, 0.6) is 0 Å². The minimum atomic E-state index is -0.235. The molecule has 0 spiro atoms. The second kappa shape index (κ2) is 4.49. The molecule has 0 aromatic carbocycles. The van der Waals surface area contributed by atoms with Gasteiger partial charge in [-0.25, -0.2) is 0 Å². The maximum Gasteiger partial charge on any atom is 0.312 e. The van der Waals surface area contributed by atoms with Gasteiger partial charge in [0, 0.05) is 0 Å². The van der Waals surface area contributed by atoms with Crippen LogP contribution in [-0.4, -0.2) is 38.4 Å². The topological polar surface area (TPSA) is 47.6 Å². The van der Waals surface area contributed by atoms with Crippen LogP contribution in [0.1, 0.15) is 26.2 Å². The fourth-order valence-corrected chi connectivity index (χ4v) is 2.17. The van der Waals surface area contributed by atoms with Crippen LogP contribution in [0.3, 0.4) is 0 Å². The van der Waals surface area contributed by atoms with Crippen molar-refractivity contribution in [3.05, 3.63) is 0 Å². The molecular weight excluding hydrogens is 194 g/mol. The van der Waals surface area contributed by atoms with Crippen molar-refractivity contribution in [2.75, 3.05) is 26.3 Å². The second-order valence-electron chi connectivity index (χ2n) is 4.45. The van der Waals surface area contributed by atoms with Gasteiger partial charge >= 0.3 is 5.97 Å². The van der Waals surface area contributed by atoms with Gasteiger partial charge in [0.1, 0.15) is 6.10 Å². The lowest BCUT2D eigenvalue weighted by molar-refractivity contribution is -0.185. The van der Waals surface area contributed by atoms with Crippen molar-refractivity contribution in [1.29, 1.82) is 0 Å². The highest BCUT2D eigenvalue weighted by Gasteiger charge is 2.41. The normalized spacial score (nSPS) is 25.7. The van der Waals surface area contributed by atoms with E-state index in [1.54, 1.807) is 0 Å².